The number of fused-ring (bicyclic) bond motifs is 1. The van der Waals surface area contributed by atoms with Gasteiger partial charge in [-0.3, -0.25) is 14.5 Å². The quantitative estimate of drug-likeness (QED) is 0.529. The Hall–Kier alpha value is -3.86. The third-order valence-electron chi connectivity index (χ3n) is 6.55. The summed E-state index contributed by atoms with van der Waals surface area (Å²) >= 11 is 0. The standard InChI is InChI=1S/C29H28N2O3/c1-29(2)17-23-27(25(33)18-29)28(20-11-8-12-21(32)16-20)31(24-14-7-6-13-22(24)30-23)26(34)15-19-9-4-3-5-10-19/h3-14,16,28,30,32H,15,17-18H2,1-2H3/t28-/m0/s1. The summed E-state index contributed by atoms with van der Waals surface area (Å²) in [6.07, 6.45) is 1.30. The molecule has 172 valence electrons. The van der Waals surface area contributed by atoms with Crippen LogP contribution in [0.25, 0.3) is 0 Å². The number of rotatable bonds is 3. The number of anilines is 2. The summed E-state index contributed by atoms with van der Waals surface area (Å²) in [5, 5.41) is 13.8. The van der Waals surface area contributed by atoms with Gasteiger partial charge in [-0.05, 0) is 47.2 Å². The van der Waals surface area contributed by atoms with Crippen LogP contribution in [0.15, 0.2) is 90.1 Å². The van der Waals surface area contributed by atoms with Crippen molar-refractivity contribution >= 4 is 23.1 Å². The number of Topliss-reactive ketones (excluding diaryl/α,β-unsaturated/α-hetero) is 1. The Balaban J connectivity index is 1.73. The monoisotopic (exact) mass is 452 g/mol. The van der Waals surface area contributed by atoms with E-state index >= 15 is 0 Å². The van der Waals surface area contributed by atoms with Gasteiger partial charge in [0.15, 0.2) is 5.78 Å². The number of carbonyl (C=O) groups excluding carboxylic acids is 2. The molecule has 0 spiro atoms. The molecule has 0 aromatic heterocycles. The van der Waals surface area contributed by atoms with Crippen LogP contribution in [-0.4, -0.2) is 16.8 Å². The molecular formula is C29H28N2O3. The number of para-hydroxylation sites is 2. The molecule has 5 nitrogen and oxygen atoms in total. The minimum absolute atomic E-state index is 0.0254. The van der Waals surface area contributed by atoms with Crippen molar-refractivity contribution in [3.8, 4) is 5.75 Å². The van der Waals surface area contributed by atoms with Gasteiger partial charge in [-0.15, -0.1) is 0 Å². The maximum atomic E-state index is 14.0. The van der Waals surface area contributed by atoms with E-state index < -0.39 is 6.04 Å². The van der Waals surface area contributed by atoms with E-state index in [1.165, 1.54) is 0 Å². The average molecular weight is 453 g/mol. The lowest BCUT2D eigenvalue weighted by Crippen LogP contribution is -2.40. The molecule has 3 aromatic carbocycles. The van der Waals surface area contributed by atoms with Crippen LogP contribution in [0.4, 0.5) is 11.4 Å². The average Bonchev–Trinajstić information content (AvgIpc) is 2.93. The van der Waals surface area contributed by atoms with Crippen molar-refractivity contribution in [2.75, 3.05) is 10.2 Å². The Labute approximate surface area is 199 Å². The van der Waals surface area contributed by atoms with E-state index in [0.717, 1.165) is 22.6 Å². The van der Waals surface area contributed by atoms with E-state index in [0.29, 0.717) is 24.0 Å². The zero-order valence-corrected chi connectivity index (χ0v) is 19.4. The van der Waals surface area contributed by atoms with Crippen LogP contribution in [-0.2, 0) is 16.0 Å². The Kier molecular flexibility index (Phi) is 5.48. The highest BCUT2D eigenvalue weighted by Crippen LogP contribution is 2.48. The molecule has 1 amide bonds. The molecule has 0 saturated carbocycles. The molecule has 1 heterocycles. The SMILES string of the molecule is CC1(C)CC(=O)C2=C(C1)Nc1ccccc1N(C(=O)Cc1ccccc1)[C@H]2c1cccc(O)c1. The molecule has 0 bridgehead atoms. The van der Waals surface area contributed by atoms with E-state index in [1.807, 2.05) is 60.7 Å². The third kappa shape index (κ3) is 4.10. The van der Waals surface area contributed by atoms with Gasteiger partial charge in [0.1, 0.15) is 5.75 Å². The largest absolute Gasteiger partial charge is 0.508 e. The fraction of sp³-hybridized carbons (Fsp3) is 0.241. The van der Waals surface area contributed by atoms with Crippen molar-refractivity contribution in [2.24, 2.45) is 5.41 Å². The molecule has 2 aliphatic rings. The van der Waals surface area contributed by atoms with Crippen molar-refractivity contribution in [3.63, 3.8) is 0 Å². The maximum Gasteiger partial charge on any atom is 0.232 e. The van der Waals surface area contributed by atoms with Crippen LogP contribution in [0.1, 0.15) is 43.9 Å². The summed E-state index contributed by atoms with van der Waals surface area (Å²) in [5.41, 5.74) is 4.38. The first kappa shape index (κ1) is 22.0. The molecule has 2 N–H and O–H groups in total. The lowest BCUT2D eigenvalue weighted by atomic mass is 9.73. The van der Waals surface area contributed by atoms with Crippen molar-refractivity contribution in [1.82, 2.24) is 0 Å². The highest BCUT2D eigenvalue weighted by atomic mass is 16.3. The number of hydrogen-bond donors (Lipinski definition) is 2. The summed E-state index contributed by atoms with van der Waals surface area (Å²) in [6.45, 7) is 4.18. The Bertz CT molecular complexity index is 1290. The van der Waals surface area contributed by atoms with Crippen LogP contribution in [0.2, 0.25) is 0 Å². The van der Waals surface area contributed by atoms with Crippen molar-refractivity contribution in [2.45, 2.75) is 39.2 Å². The summed E-state index contributed by atoms with van der Waals surface area (Å²) < 4.78 is 0. The molecule has 0 radical (unpaired) electrons. The first-order chi connectivity index (χ1) is 16.3. The highest BCUT2D eigenvalue weighted by molar-refractivity contribution is 6.06. The summed E-state index contributed by atoms with van der Waals surface area (Å²) in [7, 11) is 0. The van der Waals surface area contributed by atoms with E-state index in [1.54, 1.807) is 23.1 Å². The van der Waals surface area contributed by atoms with E-state index in [2.05, 4.69) is 19.2 Å². The zero-order valence-electron chi connectivity index (χ0n) is 19.4. The molecule has 5 rings (SSSR count). The van der Waals surface area contributed by atoms with Gasteiger partial charge in [-0.25, -0.2) is 0 Å². The van der Waals surface area contributed by atoms with Crippen LogP contribution in [0.3, 0.4) is 0 Å². The van der Waals surface area contributed by atoms with Crippen molar-refractivity contribution in [1.29, 1.82) is 0 Å². The second kappa shape index (κ2) is 8.49. The van der Waals surface area contributed by atoms with Crippen LogP contribution in [0.5, 0.6) is 5.75 Å². The molecule has 34 heavy (non-hydrogen) atoms. The van der Waals surface area contributed by atoms with Gasteiger partial charge in [-0.2, -0.15) is 0 Å². The predicted molar refractivity (Wildman–Crippen MR) is 134 cm³/mol. The fourth-order valence-corrected chi connectivity index (χ4v) is 5.13. The number of benzene rings is 3. The lowest BCUT2D eigenvalue weighted by Gasteiger charge is -2.37. The Morgan fingerprint density at radius 3 is 2.50 bits per heavy atom. The number of hydrogen-bond acceptors (Lipinski definition) is 4. The van der Waals surface area contributed by atoms with Gasteiger partial charge in [0, 0.05) is 17.7 Å². The van der Waals surface area contributed by atoms with E-state index in [4.69, 9.17) is 0 Å². The number of nitrogens with one attached hydrogen (secondary N) is 1. The highest BCUT2D eigenvalue weighted by Gasteiger charge is 2.43. The summed E-state index contributed by atoms with van der Waals surface area (Å²) in [6, 6.07) is 23.6. The van der Waals surface area contributed by atoms with Gasteiger partial charge in [0.25, 0.3) is 0 Å². The van der Waals surface area contributed by atoms with E-state index in [-0.39, 0.29) is 29.3 Å². The zero-order chi connectivity index (χ0) is 23.9. The second-order valence-corrected chi connectivity index (χ2v) is 9.90. The van der Waals surface area contributed by atoms with Crippen LogP contribution < -0.4 is 10.2 Å². The lowest BCUT2D eigenvalue weighted by molar-refractivity contribution is -0.119. The topological polar surface area (TPSA) is 69.6 Å². The Morgan fingerprint density at radius 1 is 1.00 bits per heavy atom. The number of aromatic hydroxyl groups is 1. The number of carbonyl (C=O) groups is 2. The van der Waals surface area contributed by atoms with Crippen molar-refractivity contribution < 1.29 is 14.7 Å². The molecule has 0 unspecified atom stereocenters. The van der Waals surface area contributed by atoms with Gasteiger partial charge in [0.05, 0.1) is 23.8 Å². The summed E-state index contributed by atoms with van der Waals surface area (Å²) in [4.78, 5) is 29.3. The third-order valence-corrected chi connectivity index (χ3v) is 6.55. The normalized spacial score (nSPS) is 19.1. The van der Waals surface area contributed by atoms with E-state index in [9.17, 15) is 14.7 Å². The van der Waals surface area contributed by atoms with Gasteiger partial charge >= 0.3 is 0 Å². The number of phenols is 1. The molecule has 1 aliphatic carbocycles. The number of phenolic OH excluding ortho intramolecular Hbond substituents is 1. The minimum Gasteiger partial charge on any atom is -0.508 e. The number of nitrogens with zero attached hydrogens (tertiary/aromatic N) is 1. The fourth-order valence-electron chi connectivity index (χ4n) is 5.13. The maximum absolute atomic E-state index is 14.0. The number of allylic oxidation sites excluding steroid dienone is 1. The summed E-state index contributed by atoms with van der Waals surface area (Å²) in [5.74, 6) is 0.0155. The van der Waals surface area contributed by atoms with Gasteiger partial charge in [-0.1, -0.05) is 68.4 Å². The second-order valence-electron chi connectivity index (χ2n) is 9.90. The molecule has 1 atom stereocenters. The molecular weight excluding hydrogens is 424 g/mol. The van der Waals surface area contributed by atoms with Crippen LogP contribution >= 0.6 is 0 Å². The first-order valence-electron chi connectivity index (χ1n) is 11.6. The molecule has 3 aromatic rings. The van der Waals surface area contributed by atoms with Crippen LogP contribution in [0, 0.1) is 5.41 Å². The number of amides is 1. The number of ketones is 1. The molecule has 0 saturated heterocycles. The predicted octanol–water partition coefficient (Wildman–Crippen LogP) is 5.78. The minimum atomic E-state index is -0.641. The Morgan fingerprint density at radius 2 is 1.74 bits per heavy atom. The molecule has 1 aliphatic heterocycles. The molecule has 0 fully saturated rings. The first-order valence-corrected chi connectivity index (χ1v) is 11.6. The van der Waals surface area contributed by atoms with Gasteiger partial charge in [0.2, 0.25) is 5.91 Å². The molecule has 5 heteroatoms. The van der Waals surface area contributed by atoms with Gasteiger partial charge < -0.3 is 10.4 Å². The smallest absolute Gasteiger partial charge is 0.232 e. The van der Waals surface area contributed by atoms with Crippen molar-refractivity contribution in [3.05, 3.63) is 101 Å².